The minimum atomic E-state index is 0.527. The van der Waals surface area contributed by atoms with Gasteiger partial charge in [-0.3, -0.25) is 4.99 Å². The fraction of sp³-hybridized carbons (Fsp3) is 0.938. The first-order valence-electron chi connectivity index (χ1n) is 17.0. The van der Waals surface area contributed by atoms with Crippen LogP contribution in [0.3, 0.4) is 0 Å². The van der Waals surface area contributed by atoms with Crippen LogP contribution >= 0.6 is 0 Å². The van der Waals surface area contributed by atoms with Crippen molar-refractivity contribution < 1.29 is 0 Å². The van der Waals surface area contributed by atoms with E-state index < -0.39 is 0 Å². The third kappa shape index (κ3) is 11.7. The van der Waals surface area contributed by atoms with E-state index in [2.05, 4.69) is 21.3 Å². The first-order valence-corrected chi connectivity index (χ1v) is 17.0. The molecule has 0 heterocycles. The van der Waals surface area contributed by atoms with Crippen LogP contribution < -0.4 is 21.3 Å². The highest BCUT2D eigenvalue weighted by Gasteiger charge is 2.19. The summed E-state index contributed by atoms with van der Waals surface area (Å²) in [6, 6.07) is 2.39. The maximum Gasteiger partial charge on any atom is 0.191 e. The maximum atomic E-state index is 5.15. The van der Waals surface area contributed by atoms with E-state index in [0.29, 0.717) is 24.2 Å². The Balaban J connectivity index is 1.14. The van der Waals surface area contributed by atoms with E-state index in [1.54, 1.807) is 0 Å². The van der Waals surface area contributed by atoms with Crippen molar-refractivity contribution in [3.8, 4) is 0 Å². The number of rotatable bonds is 11. The van der Waals surface area contributed by atoms with Gasteiger partial charge in [0.25, 0.3) is 0 Å². The van der Waals surface area contributed by atoms with Gasteiger partial charge in [0.15, 0.2) is 11.9 Å². The molecule has 4 fully saturated rings. The predicted octanol–water partition coefficient (Wildman–Crippen LogP) is 6.95. The van der Waals surface area contributed by atoms with Crippen molar-refractivity contribution >= 4 is 11.9 Å². The molecule has 6 heteroatoms. The van der Waals surface area contributed by atoms with Crippen molar-refractivity contribution in [3.05, 3.63) is 0 Å². The Kier molecular flexibility index (Phi) is 14.0. The topological polar surface area (TPSA) is 72.8 Å². The molecule has 4 rings (SSSR count). The molecule has 0 saturated heterocycles. The molecule has 4 saturated carbocycles. The second kappa shape index (κ2) is 18.0. The smallest absolute Gasteiger partial charge is 0.191 e. The Morgan fingerprint density at radius 2 is 0.921 bits per heavy atom. The standard InChI is InChI=1S/C32H60N6/c1(15-25-33-31(35-27-17-7-3-8-18-27)36-28-19-9-4-10-20-28)2-16-26-34-32(37-29-21-11-5-12-22-29)38-30-23-13-6-14-24-30/h27-30H,1-26H2,(H2,33,35,36)(H2,34,37,38). The Bertz CT molecular complexity index is 645. The molecule has 0 atom stereocenters. The van der Waals surface area contributed by atoms with E-state index >= 15 is 0 Å². The molecule has 0 bridgehead atoms. The van der Waals surface area contributed by atoms with Crippen molar-refractivity contribution in [1.82, 2.24) is 21.3 Å². The average molecular weight is 529 g/mol. The number of nitrogens with one attached hydrogen (secondary N) is 4. The van der Waals surface area contributed by atoms with Crippen LogP contribution in [0.15, 0.2) is 9.98 Å². The number of aliphatic imine (C=N–C) groups is 2. The van der Waals surface area contributed by atoms with Crippen LogP contribution in [0.25, 0.3) is 0 Å². The number of nitrogens with zero attached hydrogens (tertiary/aromatic N) is 2. The molecule has 0 spiro atoms. The van der Waals surface area contributed by atoms with E-state index in [4.69, 9.17) is 9.98 Å². The van der Waals surface area contributed by atoms with E-state index in [-0.39, 0.29) is 0 Å². The van der Waals surface area contributed by atoms with Gasteiger partial charge < -0.3 is 21.3 Å². The summed E-state index contributed by atoms with van der Waals surface area (Å²) < 4.78 is 0. The van der Waals surface area contributed by atoms with Gasteiger partial charge in [0.05, 0.1) is 6.04 Å². The van der Waals surface area contributed by atoms with Crippen molar-refractivity contribution in [2.45, 2.75) is 178 Å². The molecule has 0 aromatic carbocycles. The van der Waals surface area contributed by atoms with Crippen LogP contribution in [-0.4, -0.2) is 49.2 Å². The predicted molar refractivity (Wildman–Crippen MR) is 163 cm³/mol. The normalized spacial score (nSPS) is 23.1. The minimum absolute atomic E-state index is 0.527. The molecule has 4 aliphatic carbocycles. The van der Waals surface area contributed by atoms with Gasteiger partial charge in [0, 0.05) is 31.2 Å². The molecule has 0 unspecified atom stereocenters. The van der Waals surface area contributed by atoms with Gasteiger partial charge in [0.1, 0.15) is 0 Å². The molecular weight excluding hydrogens is 468 g/mol. The molecule has 0 radical (unpaired) electrons. The summed E-state index contributed by atoms with van der Waals surface area (Å²) >= 11 is 0. The molecule has 6 nitrogen and oxygen atoms in total. The van der Waals surface area contributed by atoms with E-state index in [1.807, 2.05) is 0 Å². The summed E-state index contributed by atoms with van der Waals surface area (Å²) in [7, 11) is 0. The SMILES string of the molecule is C(CCCNC(=NC1CCCCC1)NC1CCCCC1)CCN=C(NC1CCCCC1)NC1CCCCC1. The highest BCUT2D eigenvalue weighted by atomic mass is 15.2. The van der Waals surface area contributed by atoms with Gasteiger partial charge in [-0.05, 0) is 64.2 Å². The average Bonchev–Trinajstić information content (AvgIpc) is 2.96. The third-order valence-electron chi connectivity index (χ3n) is 9.37. The summed E-state index contributed by atoms with van der Waals surface area (Å²) in [5.41, 5.74) is 0. The highest BCUT2D eigenvalue weighted by Crippen LogP contribution is 2.22. The van der Waals surface area contributed by atoms with Gasteiger partial charge in [-0.15, -0.1) is 0 Å². The van der Waals surface area contributed by atoms with Gasteiger partial charge in [0.2, 0.25) is 0 Å². The van der Waals surface area contributed by atoms with Crippen LogP contribution in [0, 0.1) is 0 Å². The zero-order valence-electron chi connectivity index (χ0n) is 24.6. The lowest BCUT2D eigenvalue weighted by Gasteiger charge is -2.29. The van der Waals surface area contributed by atoms with E-state index in [9.17, 15) is 0 Å². The van der Waals surface area contributed by atoms with Crippen molar-refractivity contribution in [2.75, 3.05) is 13.1 Å². The Morgan fingerprint density at radius 1 is 0.474 bits per heavy atom. The first-order chi connectivity index (χ1) is 18.8. The quantitative estimate of drug-likeness (QED) is 0.133. The van der Waals surface area contributed by atoms with Gasteiger partial charge in [-0.1, -0.05) is 89.9 Å². The van der Waals surface area contributed by atoms with Crippen LogP contribution in [-0.2, 0) is 0 Å². The van der Waals surface area contributed by atoms with Gasteiger partial charge in [-0.2, -0.15) is 0 Å². The molecule has 218 valence electrons. The Labute approximate surface area is 234 Å². The molecule has 0 amide bonds. The molecule has 38 heavy (non-hydrogen) atoms. The van der Waals surface area contributed by atoms with Crippen molar-refractivity contribution in [3.63, 3.8) is 0 Å². The Hall–Kier alpha value is -1.46. The van der Waals surface area contributed by atoms with Crippen LogP contribution in [0.2, 0.25) is 0 Å². The lowest BCUT2D eigenvalue weighted by Crippen LogP contribution is -2.48. The second-order valence-corrected chi connectivity index (χ2v) is 12.8. The van der Waals surface area contributed by atoms with Crippen LogP contribution in [0.1, 0.15) is 154 Å². The monoisotopic (exact) mass is 528 g/mol. The van der Waals surface area contributed by atoms with E-state index in [0.717, 1.165) is 25.0 Å². The zero-order valence-corrected chi connectivity index (χ0v) is 24.6. The summed E-state index contributed by atoms with van der Waals surface area (Å²) in [6.07, 6.45) is 31.8. The first kappa shape index (κ1) is 29.5. The third-order valence-corrected chi connectivity index (χ3v) is 9.37. The lowest BCUT2D eigenvalue weighted by atomic mass is 9.95. The molecular formula is C32H60N6. The minimum Gasteiger partial charge on any atom is -0.356 e. The van der Waals surface area contributed by atoms with Crippen LogP contribution in [0.5, 0.6) is 0 Å². The largest absolute Gasteiger partial charge is 0.356 e. The molecule has 0 aromatic rings. The molecule has 0 aromatic heterocycles. The number of hydrogen-bond acceptors (Lipinski definition) is 2. The zero-order chi connectivity index (χ0) is 26.1. The van der Waals surface area contributed by atoms with Gasteiger partial charge >= 0.3 is 0 Å². The van der Waals surface area contributed by atoms with Crippen LogP contribution in [0.4, 0.5) is 0 Å². The summed E-state index contributed by atoms with van der Waals surface area (Å²) in [5.74, 6) is 2.20. The highest BCUT2D eigenvalue weighted by molar-refractivity contribution is 5.80. The van der Waals surface area contributed by atoms with Crippen molar-refractivity contribution in [1.29, 1.82) is 0 Å². The lowest BCUT2D eigenvalue weighted by molar-refractivity contribution is 0.388. The van der Waals surface area contributed by atoms with E-state index in [1.165, 1.54) is 154 Å². The van der Waals surface area contributed by atoms with Crippen molar-refractivity contribution in [2.24, 2.45) is 9.98 Å². The fourth-order valence-corrected chi connectivity index (χ4v) is 6.97. The molecule has 4 N–H and O–H groups in total. The fourth-order valence-electron chi connectivity index (χ4n) is 6.97. The number of guanidine groups is 2. The summed E-state index contributed by atoms with van der Waals surface area (Å²) in [5, 5.41) is 15.1. The number of hydrogen-bond donors (Lipinski definition) is 4. The van der Waals surface area contributed by atoms with Gasteiger partial charge in [-0.25, -0.2) is 4.99 Å². The molecule has 0 aliphatic heterocycles. The second-order valence-electron chi connectivity index (χ2n) is 12.8. The molecule has 4 aliphatic rings. The summed E-state index contributed by atoms with van der Waals surface area (Å²) in [6.45, 7) is 1.98. The Morgan fingerprint density at radius 3 is 1.45 bits per heavy atom. The summed E-state index contributed by atoms with van der Waals surface area (Å²) in [4.78, 5) is 10.2. The maximum absolute atomic E-state index is 5.15. The number of unbranched alkanes of at least 4 members (excludes halogenated alkanes) is 3.